The van der Waals surface area contributed by atoms with E-state index in [2.05, 4.69) is 33.5 Å². The molecular formula is C12H17N3O3. The second kappa shape index (κ2) is 4.89. The Labute approximate surface area is 106 Å². The van der Waals surface area contributed by atoms with Crippen molar-refractivity contribution in [2.24, 2.45) is 0 Å². The van der Waals surface area contributed by atoms with Crippen LogP contribution in [0.4, 0.5) is 5.82 Å². The Morgan fingerprint density at radius 2 is 2.22 bits per heavy atom. The van der Waals surface area contributed by atoms with Crippen LogP contribution in [0.25, 0.3) is 0 Å². The summed E-state index contributed by atoms with van der Waals surface area (Å²) in [6.07, 6.45) is 3.03. The third-order valence-corrected chi connectivity index (χ3v) is 2.95. The molecule has 0 amide bonds. The van der Waals surface area contributed by atoms with Crippen molar-refractivity contribution in [3.05, 3.63) is 18.1 Å². The van der Waals surface area contributed by atoms with Crippen LogP contribution in [-0.2, 0) is 9.47 Å². The maximum atomic E-state index is 11.3. The Bertz CT molecular complexity index is 431. The zero-order valence-corrected chi connectivity index (χ0v) is 10.8. The molecule has 1 aliphatic rings. The largest absolute Gasteiger partial charge is 0.464 e. The molecule has 0 aromatic carbocycles. The fourth-order valence-corrected chi connectivity index (χ4v) is 1.95. The molecule has 2 rings (SSSR count). The molecule has 1 fully saturated rings. The van der Waals surface area contributed by atoms with Gasteiger partial charge in [-0.05, 0) is 13.8 Å². The molecule has 0 unspecified atom stereocenters. The molecule has 1 aromatic heterocycles. The zero-order valence-electron chi connectivity index (χ0n) is 10.8. The number of methoxy groups -OCH3 is 1. The van der Waals surface area contributed by atoms with Crippen molar-refractivity contribution in [3.63, 3.8) is 0 Å². The number of anilines is 1. The molecular weight excluding hydrogens is 234 g/mol. The van der Waals surface area contributed by atoms with E-state index >= 15 is 0 Å². The number of ether oxygens (including phenoxy) is 2. The molecule has 1 saturated heterocycles. The van der Waals surface area contributed by atoms with Crippen LogP contribution in [0.1, 0.15) is 24.3 Å². The van der Waals surface area contributed by atoms with E-state index < -0.39 is 5.97 Å². The number of aromatic nitrogens is 2. The highest BCUT2D eigenvalue weighted by Gasteiger charge is 2.31. The van der Waals surface area contributed by atoms with Gasteiger partial charge < -0.3 is 14.4 Å². The van der Waals surface area contributed by atoms with Gasteiger partial charge in [-0.2, -0.15) is 0 Å². The molecule has 0 aliphatic carbocycles. The Balaban J connectivity index is 2.21. The number of rotatable bonds is 2. The van der Waals surface area contributed by atoms with Gasteiger partial charge in [0.2, 0.25) is 0 Å². The summed E-state index contributed by atoms with van der Waals surface area (Å²) in [6.45, 7) is 6.25. The van der Waals surface area contributed by atoms with Crippen LogP contribution in [0.2, 0.25) is 0 Å². The number of nitrogens with zero attached hydrogens (tertiary/aromatic N) is 3. The lowest BCUT2D eigenvalue weighted by Crippen LogP contribution is -2.53. The SMILES string of the molecule is COC(=O)c1cnc(N2CCOCC2(C)C)cn1. The second-order valence-corrected chi connectivity index (χ2v) is 4.77. The van der Waals surface area contributed by atoms with Gasteiger partial charge in [0.15, 0.2) is 5.69 Å². The van der Waals surface area contributed by atoms with Crippen LogP contribution in [0.3, 0.4) is 0 Å². The van der Waals surface area contributed by atoms with E-state index in [4.69, 9.17) is 4.74 Å². The number of hydrogen-bond donors (Lipinski definition) is 0. The Morgan fingerprint density at radius 1 is 1.44 bits per heavy atom. The minimum Gasteiger partial charge on any atom is -0.464 e. The number of morpholine rings is 1. The molecule has 0 bridgehead atoms. The number of esters is 1. The third kappa shape index (κ3) is 2.43. The average Bonchev–Trinajstić information content (AvgIpc) is 2.37. The summed E-state index contributed by atoms with van der Waals surface area (Å²) in [5, 5.41) is 0. The molecule has 0 radical (unpaired) electrons. The van der Waals surface area contributed by atoms with Crippen molar-refractivity contribution >= 4 is 11.8 Å². The lowest BCUT2D eigenvalue weighted by atomic mass is 10.0. The van der Waals surface area contributed by atoms with E-state index in [1.165, 1.54) is 13.3 Å². The van der Waals surface area contributed by atoms with Gasteiger partial charge in [-0.15, -0.1) is 0 Å². The minimum absolute atomic E-state index is 0.125. The normalized spacial score (nSPS) is 18.5. The molecule has 2 heterocycles. The molecule has 0 saturated carbocycles. The highest BCUT2D eigenvalue weighted by Crippen LogP contribution is 2.24. The summed E-state index contributed by atoms with van der Waals surface area (Å²) in [5.74, 6) is 0.270. The van der Waals surface area contributed by atoms with Gasteiger partial charge >= 0.3 is 5.97 Å². The summed E-state index contributed by atoms with van der Waals surface area (Å²) in [5.41, 5.74) is 0.0898. The molecule has 1 aromatic rings. The van der Waals surface area contributed by atoms with Crippen LogP contribution in [0.5, 0.6) is 0 Å². The standard InChI is InChI=1S/C12H17N3O3/c1-12(2)8-18-5-4-15(12)10-7-13-9(6-14-10)11(16)17-3/h6-7H,4-5,8H2,1-3H3. The summed E-state index contributed by atoms with van der Waals surface area (Å²) >= 11 is 0. The van der Waals surface area contributed by atoms with Gasteiger partial charge in [-0.1, -0.05) is 0 Å². The molecule has 0 spiro atoms. The lowest BCUT2D eigenvalue weighted by Gasteiger charge is -2.42. The van der Waals surface area contributed by atoms with Crippen LogP contribution >= 0.6 is 0 Å². The number of carbonyl (C=O) groups is 1. The van der Waals surface area contributed by atoms with Gasteiger partial charge in [0.25, 0.3) is 0 Å². The maximum absolute atomic E-state index is 11.3. The smallest absolute Gasteiger partial charge is 0.358 e. The van der Waals surface area contributed by atoms with E-state index in [-0.39, 0.29) is 11.2 Å². The summed E-state index contributed by atoms with van der Waals surface area (Å²) in [4.78, 5) is 21.7. The van der Waals surface area contributed by atoms with Crippen LogP contribution in [-0.4, -0.2) is 48.3 Å². The van der Waals surface area contributed by atoms with Crippen molar-refractivity contribution in [2.75, 3.05) is 31.8 Å². The Kier molecular flexibility index (Phi) is 3.47. The van der Waals surface area contributed by atoms with Gasteiger partial charge in [0.05, 0.1) is 38.3 Å². The lowest BCUT2D eigenvalue weighted by molar-refractivity contribution is 0.0592. The van der Waals surface area contributed by atoms with Crippen molar-refractivity contribution < 1.29 is 14.3 Å². The van der Waals surface area contributed by atoms with E-state index in [0.717, 1.165) is 12.4 Å². The average molecular weight is 251 g/mol. The molecule has 1 aliphatic heterocycles. The Morgan fingerprint density at radius 3 is 2.78 bits per heavy atom. The monoisotopic (exact) mass is 251 g/mol. The summed E-state index contributed by atoms with van der Waals surface area (Å²) in [7, 11) is 1.32. The predicted octanol–water partition coefficient (Wildman–Crippen LogP) is 0.878. The minimum atomic E-state index is -0.477. The zero-order chi connectivity index (χ0) is 13.2. The number of carbonyl (C=O) groups excluding carboxylic acids is 1. The van der Waals surface area contributed by atoms with Gasteiger partial charge in [-0.3, -0.25) is 0 Å². The number of hydrogen-bond acceptors (Lipinski definition) is 6. The first-order chi connectivity index (χ1) is 8.54. The molecule has 6 nitrogen and oxygen atoms in total. The van der Waals surface area contributed by atoms with Crippen LogP contribution in [0, 0.1) is 0 Å². The molecule has 18 heavy (non-hydrogen) atoms. The maximum Gasteiger partial charge on any atom is 0.358 e. The highest BCUT2D eigenvalue weighted by atomic mass is 16.5. The third-order valence-electron chi connectivity index (χ3n) is 2.95. The molecule has 98 valence electrons. The van der Waals surface area contributed by atoms with Crippen molar-refractivity contribution in [1.82, 2.24) is 9.97 Å². The predicted molar refractivity (Wildman–Crippen MR) is 65.6 cm³/mol. The van der Waals surface area contributed by atoms with E-state index in [1.54, 1.807) is 6.20 Å². The quantitative estimate of drug-likeness (QED) is 0.727. The van der Waals surface area contributed by atoms with E-state index in [0.29, 0.717) is 13.2 Å². The van der Waals surface area contributed by atoms with Crippen molar-refractivity contribution in [1.29, 1.82) is 0 Å². The first kappa shape index (κ1) is 12.8. The van der Waals surface area contributed by atoms with E-state index in [9.17, 15) is 4.79 Å². The molecule has 6 heteroatoms. The molecule has 0 N–H and O–H groups in total. The molecule has 0 atom stereocenters. The summed E-state index contributed by atoms with van der Waals surface area (Å²) in [6, 6.07) is 0. The Hall–Kier alpha value is -1.69. The topological polar surface area (TPSA) is 64.5 Å². The van der Waals surface area contributed by atoms with Crippen LogP contribution in [0.15, 0.2) is 12.4 Å². The van der Waals surface area contributed by atoms with E-state index in [1.807, 2.05) is 0 Å². The van der Waals surface area contributed by atoms with Crippen molar-refractivity contribution in [3.8, 4) is 0 Å². The fraction of sp³-hybridized carbons (Fsp3) is 0.583. The van der Waals surface area contributed by atoms with Crippen molar-refractivity contribution in [2.45, 2.75) is 19.4 Å². The van der Waals surface area contributed by atoms with Gasteiger partial charge in [0, 0.05) is 6.54 Å². The summed E-state index contributed by atoms with van der Waals surface area (Å²) < 4.78 is 10.0. The first-order valence-electron chi connectivity index (χ1n) is 5.80. The second-order valence-electron chi connectivity index (χ2n) is 4.77. The highest BCUT2D eigenvalue weighted by molar-refractivity contribution is 5.86. The van der Waals surface area contributed by atoms with Gasteiger partial charge in [0.1, 0.15) is 5.82 Å². The first-order valence-corrected chi connectivity index (χ1v) is 5.80. The van der Waals surface area contributed by atoms with Crippen LogP contribution < -0.4 is 4.90 Å². The fourth-order valence-electron chi connectivity index (χ4n) is 1.95. The van der Waals surface area contributed by atoms with Gasteiger partial charge in [-0.25, -0.2) is 14.8 Å².